The van der Waals surface area contributed by atoms with Gasteiger partial charge in [0.1, 0.15) is 11.3 Å². The van der Waals surface area contributed by atoms with Crippen LogP contribution in [0.4, 0.5) is 13.2 Å². The number of halogens is 3. The Bertz CT molecular complexity index is 1090. The highest BCUT2D eigenvalue weighted by molar-refractivity contribution is 6.00. The summed E-state index contributed by atoms with van der Waals surface area (Å²) >= 11 is 0. The molecule has 1 fully saturated rings. The van der Waals surface area contributed by atoms with E-state index in [0.29, 0.717) is 37.5 Å². The first-order chi connectivity index (χ1) is 14.3. The summed E-state index contributed by atoms with van der Waals surface area (Å²) in [6.45, 7) is 3.55. The summed E-state index contributed by atoms with van der Waals surface area (Å²) in [4.78, 5) is 19.0. The van der Waals surface area contributed by atoms with Crippen LogP contribution >= 0.6 is 0 Å². The fraction of sp³-hybridized carbons (Fsp3) is 0.350. The van der Waals surface area contributed by atoms with Crippen LogP contribution < -0.4 is 10.1 Å². The summed E-state index contributed by atoms with van der Waals surface area (Å²) in [5, 5.41) is 7.01. The van der Waals surface area contributed by atoms with Crippen molar-refractivity contribution in [1.29, 1.82) is 0 Å². The number of benzene rings is 1. The molecule has 3 heterocycles. The van der Waals surface area contributed by atoms with Gasteiger partial charge in [-0.15, -0.1) is 0 Å². The van der Waals surface area contributed by atoms with E-state index in [1.807, 2.05) is 0 Å². The van der Waals surface area contributed by atoms with Crippen molar-refractivity contribution in [2.24, 2.45) is 0 Å². The van der Waals surface area contributed by atoms with Crippen molar-refractivity contribution in [2.75, 3.05) is 33.3 Å². The number of nitrogens with zero attached hydrogens (tertiary/aromatic N) is 4. The predicted molar refractivity (Wildman–Crippen MR) is 103 cm³/mol. The van der Waals surface area contributed by atoms with Gasteiger partial charge in [0, 0.05) is 37.3 Å². The normalized spacial score (nSPS) is 14.9. The number of piperazine rings is 1. The Morgan fingerprint density at radius 2 is 1.83 bits per heavy atom. The molecule has 4 rings (SSSR count). The van der Waals surface area contributed by atoms with Gasteiger partial charge in [-0.1, -0.05) is 0 Å². The van der Waals surface area contributed by atoms with Crippen molar-refractivity contribution in [2.45, 2.75) is 13.1 Å². The van der Waals surface area contributed by atoms with Crippen LogP contribution in [0.2, 0.25) is 0 Å². The summed E-state index contributed by atoms with van der Waals surface area (Å²) in [5.41, 5.74) is -0.433. The zero-order chi connectivity index (χ0) is 21.5. The molecule has 3 aromatic rings. The van der Waals surface area contributed by atoms with Gasteiger partial charge < -0.3 is 15.0 Å². The third kappa shape index (κ3) is 3.47. The number of rotatable bonds is 3. The highest BCUT2D eigenvalue weighted by Gasteiger charge is 2.39. The second-order valence-electron chi connectivity index (χ2n) is 7.00. The lowest BCUT2D eigenvalue weighted by Gasteiger charge is -2.27. The zero-order valence-corrected chi connectivity index (χ0v) is 16.5. The average Bonchev–Trinajstić information content (AvgIpc) is 3.15. The van der Waals surface area contributed by atoms with E-state index in [1.54, 1.807) is 29.2 Å². The highest BCUT2D eigenvalue weighted by atomic mass is 19.4. The second-order valence-corrected chi connectivity index (χ2v) is 7.00. The monoisotopic (exact) mass is 419 g/mol. The lowest BCUT2D eigenvalue weighted by atomic mass is 10.0. The van der Waals surface area contributed by atoms with Crippen LogP contribution in [0.15, 0.2) is 30.5 Å². The van der Waals surface area contributed by atoms with Gasteiger partial charge in [-0.25, -0.2) is 9.50 Å². The van der Waals surface area contributed by atoms with Gasteiger partial charge in [-0.2, -0.15) is 18.3 Å². The van der Waals surface area contributed by atoms with Crippen molar-refractivity contribution >= 4 is 11.6 Å². The minimum Gasteiger partial charge on any atom is -0.497 e. The number of carbonyl (C=O) groups is 1. The number of ether oxygens (including phenoxy) is 1. The number of hydrogen-bond acceptors (Lipinski definition) is 5. The lowest BCUT2D eigenvalue weighted by Crippen LogP contribution is -2.46. The first kappa shape index (κ1) is 20.1. The molecule has 1 N–H and O–H groups in total. The van der Waals surface area contributed by atoms with E-state index in [0.717, 1.165) is 4.52 Å². The third-order valence-electron chi connectivity index (χ3n) is 5.15. The van der Waals surface area contributed by atoms with Crippen LogP contribution in [-0.2, 0) is 6.18 Å². The van der Waals surface area contributed by atoms with Crippen LogP contribution in [0, 0.1) is 6.92 Å². The Labute approximate surface area is 170 Å². The van der Waals surface area contributed by atoms with Gasteiger partial charge in [0.15, 0.2) is 11.3 Å². The zero-order valence-electron chi connectivity index (χ0n) is 16.5. The molecule has 0 bridgehead atoms. The Kier molecular flexibility index (Phi) is 5.10. The predicted octanol–water partition coefficient (Wildman–Crippen LogP) is 2.78. The molecule has 10 heteroatoms. The summed E-state index contributed by atoms with van der Waals surface area (Å²) in [7, 11) is 1.51. The van der Waals surface area contributed by atoms with Crippen molar-refractivity contribution < 1.29 is 22.7 Å². The number of methoxy groups -OCH3 is 1. The van der Waals surface area contributed by atoms with Crippen LogP contribution in [0.3, 0.4) is 0 Å². The number of nitrogens with one attached hydrogen (secondary N) is 1. The molecule has 30 heavy (non-hydrogen) atoms. The Balaban J connectivity index is 1.91. The van der Waals surface area contributed by atoms with Crippen LogP contribution in [0.25, 0.3) is 16.9 Å². The van der Waals surface area contributed by atoms with Crippen molar-refractivity contribution in [3.63, 3.8) is 0 Å². The molecule has 0 aliphatic carbocycles. The quantitative estimate of drug-likeness (QED) is 0.707. The Hall–Kier alpha value is -3.14. The fourth-order valence-corrected chi connectivity index (χ4v) is 3.63. The average molecular weight is 419 g/mol. The van der Waals surface area contributed by atoms with Crippen molar-refractivity contribution in [3.8, 4) is 17.0 Å². The largest absolute Gasteiger partial charge is 0.497 e. The smallest absolute Gasteiger partial charge is 0.433 e. The first-order valence-corrected chi connectivity index (χ1v) is 9.41. The minimum atomic E-state index is -4.67. The second kappa shape index (κ2) is 7.60. The van der Waals surface area contributed by atoms with Crippen molar-refractivity contribution in [3.05, 3.63) is 47.3 Å². The molecule has 2 aromatic heterocycles. The van der Waals surface area contributed by atoms with Crippen molar-refractivity contribution in [1.82, 2.24) is 24.8 Å². The Morgan fingerprint density at radius 1 is 1.17 bits per heavy atom. The van der Waals surface area contributed by atoms with E-state index >= 15 is 0 Å². The van der Waals surface area contributed by atoms with E-state index in [1.165, 1.54) is 20.2 Å². The van der Waals surface area contributed by atoms with Gasteiger partial charge >= 0.3 is 6.18 Å². The van der Waals surface area contributed by atoms with Gasteiger partial charge in [0.2, 0.25) is 0 Å². The molecule has 0 saturated carbocycles. The molecule has 0 atom stereocenters. The molecule has 1 aromatic carbocycles. The van der Waals surface area contributed by atoms with Gasteiger partial charge in [0.25, 0.3) is 5.91 Å². The SMILES string of the molecule is COc1ccc(-c2nc3c(C(=O)N4CCNCC4)cnn3c(C(F)(F)F)c2C)cc1. The minimum absolute atomic E-state index is 0.0529. The third-order valence-corrected chi connectivity index (χ3v) is 5.15. The molecule has 1 aliphatic rings. The van der Waals surface area contributed by atoms with E-state index in [2.05, 4.69) is 15.4 Å². The fourth-order valence-electron chi connectivity index (χ4n) is 3.63. The summed E-state index contributed by atoms with van der Waals surface area (Å²) < 4.78 is 47.7. The molecule has 0 spiro atoms. The molecule has 7 nitrogen and oxygen atoms in total. The molecular weight excluding hydrogens is 399 g/mol. The molecule has 1 amide bonds. The maximum Gasteiger partial charge on any atom is 0.433 e. The van der Waals surface area contributed by atoms with E-state index < -0.39 is 11.9 Å². The maximum atomic E-state index is 13.9. The summed E-state index contributed by atoms with van der Waals surface area (Å²) in [6, 6.07) is 6.58. The lowest BCUT2D eigenvalue weighted by molar-refractivity contribution is -0.143. The van der Waals surface area contributed by atoms with E-state index in [-0.39, 0.29) is 28.4 Å². The molecule has 0 unspecified atom stereocenters. The standard InChI is InChI=1S/C20H20F3N5O2/c1-12-16(13-3-5-14(30-2)6-4-13)26-18-15(19(29)27-9-7-24-8-10-27)11-25-28(18)17(12)20(21,22)23/h3-6,11,24H,7-10H2,1-2H3. The molecule has 1 aliphatic heterocycles. The number of fused-ring (bicyclic) bond motifs is 1. The topological polar surface area (TPSA) is 71.8 Å². The van der Waals surface area contributed by atoms with Gasteiger partial charge in [-0.3, -0.25) is 4.79 Å². The van der Waals surface area contributed by atoms with Crippen LogP contribution in [0.5, 0.6) is 5.75 Å². The molecular formula is C20H20F3N5O2. The summed E-state index contributed by atoms with van der Waals surface area (Å²) in [6.07, 6.45) is -3.51. The number of hydrogen-bond donors (Lipinski definition) is 1. The highest BCUT2D eigenvalue weighted by Crippen LogP contribution is 2.36. The van der Waals surface area contributed by atoms with Crippen LogP contribution in [0.1, 0.15) is 21.6 Å². The molecule has 1 saturated heterocycles. The van der Waals surface area contributed by atoms with E-state index in [4.69, 9.17) is 4.74 Å². The van der Waals surface area contributed by atoms with Crippen LogP contribution in [-0.4, -0.2) is 58.7 Å². The summed E-state index contributed by atoms with van der Waals surface area (Å²) in [5.74, 6) is 0.198. The number of aromatic nitrogens is 3. The molecule has 158 valence electrons. The first-order valence-electron chi connectivity index (χ1n) is 9.41. The van der Waals surface area contributed by atoms with Gasteiger partial charge in [-0.05, 0) is 31.2 Å². The maximum absolute atomic E-state index is 13.9. The number of carbonyl (C=O) groups excluding carboxylic acids is 1. The number of alkyl halides is 3. The van der Waals surface area contributed by atoms with E-state index in [9.17, 15) is 18.0 Å². The number of amides is 1. The molecule has 0 radical (unpaired) electrons. The Morgan fingerprint density at radius 3 is 2.43 bits per heavy atom. The van der Waals surface area contributed by atoms with Gasteiger partial charge in [0.05, 0.1) is 19.0 Å².